The average molecular weight is 501 g/mol. The Bertz CT molecular complexity index is 1520. The van der Waals surface area contributed by atoms with Gasteiger partial charge in [0.25, 0.3) is 0 Å². The molecule has 0 saturated carbocycles. The van der Waals surface area contributed by atoms with Crippen LogP contribution >= 0.6 is 0 Å². The topological polar surface area (TPSA) is 110 Å². The fourth-order valence-corrected chi connectivity index (χ4v) is 6.51. The molecule has 0 saturated heterocycles. The number of aliphatic hydroxyl groups is 1. The molecule has 37 heavy (non-hydrogen) atoms. The first-order valence-electron chi connectivity index (χ1n) is 13.5. The number of unbranched alkanes of at least 4 members (excludes halogenated alkanes) is 1. The first-order valence-corrected chi connectivity index (χ1v) is 13.5. The van der Waals surface area contributed by atoms with Crippen molar-refractivity contribution in [3.8, 4) is 11.5 Å². The number of carbonyl (C=O) groups is 2. The summed E-state index contributed by atoms with van der Waals surface area (Å²) >= 11 is 0. The number of phenolic OH excluding ortho intramolecular Hbond substituents is 2. The minimum absolute atomic E-state index is 0.0357. The van der Waals surface area contributed by atoms with Gasteiger partial charge in [-0.25, -0.2) is 0 Å². The number of rotatable bonds is 4. The van der Waals surface area contributed by atoms with E-state index in [1.807, 2.05) is 0 Å². The van der Waals surface area contributed by atoms with Gasteiger partial charge in [0.05, 0.1) is 16.5 Å². The lowest BCUT2D eigenvalue weighted by Gasteiger charge is -2.37. The van der Waals surface area contributed by atoms with Gasteiger partial charge in [-0.3, -0.25) is 14.6 Å². The molecule has 3 aliphatic heterocycles. The highest BCUT2D eigenvalue weighted by Crippen LogP contribution is 2.46. The number of benzene rings is 2. The summed E-state index contributed by atoms with van der Waals surface area (Å²) in [6, 6.07) is 3.48. The van der Waals surface area contributed by atoms with Crippen LogP contribution in [0.4, 0.5) is 5.69 Å². The number of carbonyl (C=O) groups excluding carboxylic acids is 2. The van der Waals surface area contributed by atoms with Crippen LogP contribution in [-0.4, -0.2) is 46.5 Å². The highest BCUT2D eigenvalue weighted by Gasteiger charge is 2.41. The van der Waals surface area contributed by atoms with E-state index in [-0.39, 0.29) is 33.4 Å². The molecule has 0 atom stereocenters. The molecule has 6 rings (SSSR count). The van der Waals surface area contributed by atoms with Crippen LogP contribution in [0.2, 0.25) is 0 Å². The van der Waals surface area contributed by atoms with Crippen molar-refractivity contribution in [2.24, 2.45) is 4.99 Å². The molecule has 0 unspecified atom stereocenters. The van der Waals surface area contributed by atoms with Crippen LogP contribution in [0.15, 0.2) is 22.9 Å². The molecule has 0 bridgehead atoms. The Morgan fingerprint density at radius 1 is 0.892 bits per heavy atom. The molecule has 7 heteroatoms. The molecule has 2 aromatic rings. The summed E-state index contributed by atoms with van der Waals surface area (Å²) in [4.78, 5) is 33.6. The SMILES string of the molecule is CCCCc1c/c(=C2/C(=O)C(=O)C(c3cc4c5c(c3O)CCCN5CCC4)=C2O)c(O)c2c1=NCCC2. The lowest BCUT2D eigenvalue weighted by molar-refractivity contribution is -0.129. The van der Waals surface area contributed by atoms with Crippen molar-refractivity contribution in [1.82, 2.24) is 0 Å². The van der Waals surface area contributed by atoms with Gasteiger partial charge in [0.15, 0.2) is 0 Å². The van der Waals surface area contributed by atoms with Crippen LogP contribution in [0.3, 0.4) is 0 Å². The van der Waals surface area contributed by atoms with Gasteiger partial charge in [0, 0.05) is 47.2 Å². The van der Waals surface area contributed by atoms with Gasteiger partial charge in [-0.1, -0.05) is 13.3 Å². The predicted molar refractivity (Wildman–Crippen MR) is 141 cm³/mol. The lowest BCUT2D eigenvalue weighted by Crippen LogP contribution is -2.34. The van der Waals surface area contributed by atoms with Gasteiger partial charge < -0.3 is 20.2 Å². The second-order valence-corrected chi connectivity index (χ2v) is 10.6. The zero-order chi connectivity index (χ0) is 25.8. The van der Waals surface area contributed by atoms with E-state index < -0.39 is 17.3 Å². The highest BCUT2D eigenvalue weighted by atomic mass is 16.3. The van der Waals surface area contributed by atoms with Crippen LogP contribution in [0.25, 0.3) is 11.1 Å². The van der Waals surface area contributed by atoms with Crippen LogP contribution in [0, 0.1) is 0 Å². The Labute approximate surface area is 215 Å². The summed E-state index contributed by atoms with van der Waals surface area (Å²) in [5, 5.41) is 34.9. The summed E-state index contributed by atoms with van der Waals surface area (Å²) < 4.78 is 0. The largest absolute Gasteiger partial charge is 0.507 e. The van der Waals surface area contributed by atoms with Gasteiger partial charge >= 0.3 is 0 Å². The number of allylic oxidation sites excluding steroid dienone is 2. The first-order chi connectivity index (χ1) is 17.9. The van der Waals surface area contributed by atoms with Gasteiger partial charge in [0.1, 0.15) is 17.3 Å². The fourth-order valence-electron chi connectivity index (χ4n) is 6.51. The van der Waals surface area contributed by atoms with E-state index >= 15 is 0 Å². The van der Waals surface area contributed by atoms with Gasteiger partial charge in [-0.15, -0.1) is 0 Å². The van der Waals surface area contributed by atoms with Crippen molar-refractivity contribution in [2.45, 2.75) is 64.7 Å². The smallest absolute Gasteiger partial charge is 0.238 e. The Kier molecular flexibility index (Phi) is 5.81. The molecule has 0 amide bonds. The number of hydrogen-bond acceptors (Lipinski definition) is 7. The molecule has 192 valence electrons. The molecule has 7 nitrogen and oxygen atoms in total. The van der Waals surface area contributed by atoms with E-state index in [1.165, 1.54) is 0 Å². The summed E-state index contributed by atoms with van der Waals surface area (Å²) in [7, 11) is 0. The van der Waals surface area contributed by atoms with E-state index in [4.69, 9.17) is 0 Å². The molecule has 0 spiro atoms. The molecule has 3 heterocycles. The number of phenols is 2. The Hall–Kier alpha value is -3.61. The van der Waals surface area contributed by atoms with Crippen molar-refractivity contribution in [3.63, 3.8) is 0 Å². The maximum atomic E-state index is 13.4. The Morgan fingerprint density at radius 3 is 2.41 bits per heavy atom. The van der Waals surface area contributed by atoms with Crippen LogP contribution < -0.4 is 15.5 Å². The molecular formula is C30H32N2O5. The Morgan fingerprint density at radius 2 is 1.62 bits per heavy atom. The second-order valence-electron chi connectivity index (χ2n) is 10.6. The van der Waals surface area contributed by atoms with E-state index in [0.29, 0.717) is 24.9 Å². The lowest BCUT2D eigenvalue weighted by atomic mass is 9.87. The summed E-state index contributed by atoms with van der Waals surface area (Å²) in [6.07, 6.45) is 7.40. The number of ketones is 2. The monoisotopic (exact) mass is 500 g/mol. The Balaban J connectivity index is 1.60. The zero-order valence-electron chi connectivity index (χ0n) is 21.2. The van der Waals surface area contributed by atoms with Gasteiger partial charge in [-0.05, 0) is 74.6 Å². The van der Waals surface area contributed by atoms with Crippen LogP contribution in [0.5, 0.6) is 11.5 Å². The number of anilines is 1. The van der Waals surface area contributed by atoms with Crippen molar-refractivity contribution in [2.75, 3.05) is 24.5 Å². The van der Waals surface area contributed by atoms with Crippen molar-refractivity contribution in [1.29, 1.82) is 0 Å². The first kappa shape index (κ1) is 23.8. The maximum Gasteiger partial charge on any atom is 0.238 e. The molecular weight excluding hydrogens is 468 g/mol. The zero-order valence-corrected chi connectivity index (χ0v) is 21.2. The average Bonchev–Trinajstić information content (AvgIpc) is 3.13. The van der Waals surface area contributed by atoms with E-state index in [0.717, 1.165) is 85.8 Å². The summed E-state index contributed by atoms with van der Waals surface area (Å²) in [5.41, 5.74) is 4.30. The minimum atomic E-state index is -0.857. The van der Waals surface area contributed by atoms with E-state index in [1.54, 1.807) is 12.1 Å². The van der Waals surface area contributed by atoms with Crippen molar-refractivity contribution >= 4 is 28.4 Å². The number of aromatic hydroxyl groups is 2. The van der Waals surface area contributed by atoms with Crippen molar-refractivity contribution in [3.05, 3.63) is 56.3 Å². The summed E-state index contributed by atoms with van der Waals surface area (Å²) in [5.74, 6) is -2.31. The van der Waals surface area contributed by atoms with Crippen molar-refractivity contribution < 1.29 is 24.9 Å². The van der Waals surface area contributed by atoms with Crippen LogP contribution in [-0.2, 0) is 35.3 Å². The predicted octanol–water partition coefficient (Wildman–Crippen LogP) is 2.98. The molecule has 0 aromatic heterocycles. The number of aliphatic hydroxyl groups excluding tert-OH is 1. The maximum absolute atomic E-state index is 13.4. The van der Waals surface area contributed by atoms with Gasteiger partial charge in [0.2, 0.25) is 11.6 Å². The summed E-state index contributed by atoms with van der Waals surface area (Å²) in [6.45, 7) is 4.65. The third kappa shape index (κ3) is 3.58. The third-order valence-corrected chi connectivity index (χ3v) is 8.27. The quantitative estimate of drug-likeness (QED) is 0.557. The third-order valence-electron chi connectivity index (χ3n) is 8.27. The second kappa shape index (κ2) is 9.05. The number of aryl methyl sites for hydroxylation is 2. The molecule has 0 radical (unpaired) electrons. The van der Waals surface area contributed by atoms with E-state index in [9.17, 15) is 24.9 Å². The number of fused-ring (bicyclic) bond motifs is 1. The highest BCUT2D eigenvalue weighted by molar-refractivity contribution is 6.70. The molecule has 1 aliphatic carbocycles. The minimum Gasteiger partial charge on any atom is -0.507 e. The molecule has 2 aromatic carbocycles. The molecule has 4 aliphatic rings. The standard InChI is InChI=1S/C30H32N2O5/c1-2-3-7-16-14-20(26(33)18-9-4-11-31-24(16)18)22-28(35)23(30(37)29(22)36)21-15-17-8-5-12-32-13-6-10-19(25(17)32)27(21)34/h14-15,33-35H,2-13H2,1H3/b22-20-. The van der Waals surface area contributed by atoms with E-state index in [2.05, 4.69) is 16.8 Å². The van der Waals surface area contributed by atoms with Crippen LogP contribution in [0.1, 0.15) is 66.8 Å². The molecule has 0 fully saturated rings. The normalized spacial score (nSPS) is 20.2. The number of nitrogens with zero attached hydrogens (tertiary/aromatic N) is 2. The number of Topliss-reactive ketones (excluding diaryl/α,β-unsaturated/α-hetero) is 2. The van der Waals surface area contributed by atoms with Gasteiger partial charge in [-0.2, -0.15) is 0 Å². The fraction of sp³-hybridized carbons (Fsp3) is 0.433. The number of hydrogen-bond donors (Lipinski definition) is 3. The molecule has 3 N–H and O–H groups in total.